The number of rotatable bonds is 4. The molecule has 1 atom stereocenters. The van der Waals surface area contributed by atoms with Crippen molar-refractivity contribution in [2.45, 2.75) is 19.9 Å². The SMILES string of the molecule is CCNC(c1ccco1)c1sccc1C. The Bertz CT molecular complexity index is 405. The lowest BCUT2D eigenvalue weighted by molar-refractivity contribution is 0.454. The summed E-state index contributed by atoms with van der Waals surface area (Å²) >= 11 is 1.77. The smallest absolute Gasteiger partial charge is 0.126 e. The van der Waals surface area contributed by atoms with Crippen LogP contribution in [-0.4, -0.2) is 6.54 Å². The topological polar surface area (TPSA) is 25.2 Å². The molecule has 0 amide bonds. The maximum atomic E-state index is 5.47. The number of nitrogens with one attached hydrogen (secondary N) is 1. The van der Waals surface area contributed by atoms with E-state index in [4.69, 9.17) is 4.42 Å². The first kappa shape index (κ1) is 10.5. The lowest BCUT2D eigenvalue weighted by Gasteiger charge is -2.14. The Hall–Kier alpha value is -1.06. The molecule has 0 aliphatic heterocycles. The van der Waals surface area contributed by atoms with Crippen LogP contribution in [0.15, 0.2) is 34.3 Å². The normalized spacial score (nSPS) is 12.9. The van der Waals surface area contributed by atoms with Crippen molar-refractivity contribution in [2.75, 3.05) is 6.54 Å². The standard InChI is InChI=1S/C12H15NOS/c1-3-13-11(10-5-4-7-14-10)12-9(2)6-8-15-12/h4-8,11,13H,3H2,1-2H3. The molecule has 3 heteroatoms. The Labute approximate surface area is 93.9 Å². The van der Waals surface area contributed by atoms with Crippen molar-refractivity contribution < 1.29 is 4.42 Å². The van der Waals surface area contributed by atoms with Crippen LogP contribution in [0.1, 0.15) is 29.2 Å². The predicted octanol–water partition coefficient (Wildman–Crippen LogP) is 3.35. The molecule has 2 aromatic rings. The first-order valence-corrected chi connectivity index (χ1v) is 6.01. The Kier molecular flexibility index (Phi) is 3.23. The second kappa shape index (κ2) is 4.64. The largest absolute Gasteiger partial charge is 0.467 e. The number of aryl methyl sites for hydroxylation is 1. The maximum absolute atomic E-state index is 5.47. The molecule has 1 unspecified atom stereocenters. The highest BCUT2D eigenvalue weighted by Gasteiger charge is 2.18. The van der Waals surface area contributed by atoms with E-state index in [1.807, 2.05) is 12.1 Å². The summed E-state index contributed by atoms with van der Waals surface area (Å²) in [6, 6.07) is 6.30. The van der Waals surface area contributed by atoms with E-state index < -0.39 is 0 Å². The molecule has 1 N–H and O–H groups in total. The summed E-state index contributed by atoms with van der Waals surface area (Å²) in [6.45, 7) is 5.18. The molecule has 0 saturated heterocycles. The van der Waals surface area contributed by atoms with Crippen LogP contribution >= 0.6 is 11.3 Å². The van der Waals surface area contributed by atoms with E-state index in [0.29, 0.717) is 0 Å². The minimum atomic E-state index is 0.199. The zero-order valence-electron chi connectivity index (χ0n) is 8.99. The molecule has 2 nitrogen and oxygen atoms in total. The second-order valence-corrected chi connectivity index (χ2v) is 4.42. The van der Waals surface area contributed by atoms with Gasteiger partial charge in [0.1, 0.15) is 11.8 Å². The number of hydrogen-bond acceptors (Lipinski definition) is 3. The van der Waals surface area contributed by atoms with Gasteiger partial charge < -0.3 is 9.73 Å². The lowest BCUT2D eigenvalue weighted by atomic mass is 10.1. The monoisotopic (exact) mass is 221 g/mol. The third-order valence-corrected chi connectivity index (χ3v) is 3.48. The zero-order chi connectivity index (χ0) is 10.7. The van der Waals surface area contributed by atoms with Gasteiger partial charge in [-0.3, -0.25) is 0 Å². The molecule has 0 aliphatic rings. The summed E-state index contributed by atoms with van der Waals surface area (Å²) in [5.74, 6) is 0.988. The van der Waals surface area contributed by atoms with E-state index in [1.165, 1.54) is 10.4 Å². The summed E-state index contributed by atoms with van der Waals surface area (Å²) in [7, 11) is 0. The quantitative estimate of drug-likeness (QED) is 0.856. The first-order valence-electron chi connectivity index (χ1n) is 5.13. The van der Waals surface area contributed by atoms with Crippen LogP contribution in [-0.2, 0) is 0 Å². The van der Waals surface area contributed by atoms with Gasteiger partial charge in [-0.15, -0.1) is 11.3 Å². The van der Waals surface area contributed by atoms with Crippen molar-refractivity contribution in [3.63, 3.8) is 0 Å². The minimum absolute atomic E-state index is 0.199. The van der Waals surface area contributed by atoms with Crippen molar-refractivity contribution in [2.24, 2.45) is 0 Å². The van der Waals surface area contributed by atoms with Crippen molar-refractivity contribution in [1.82, 2.24) is 5.32 Å². The van der Waals surface area contributed by atoms with Gasteiger partial charge in [0.15, 0.2) is 0 Å². The molecular formula is C12H15NOS. The van der Waals surface area contributed by atoms with Gasteiger partial charge in [0.25, 0.3) is 0 Å². The Morgan fingerprint density at radius 1 is 1.47 bits per heavy atom. The fourth-order valence-electron chi connectivity index (χ4n) is 1.66. The highest BCUT2D eigenvalue weighted by Crippen LogP contribution is 2.29. The van der Waals surface area contributed by atoms with Crippen LogP contribution in [0, 0.1) is 6.92 Å². The third-order valence-electron chi connectivity index (χ3n) is 2.40. The average Bonchev–Trinajstić information content (AvgIpc) is 2.85. The maximum Gasteiger partial charge on any atom is 0.126 e. The summed E-state index contributed by atoms with van der Waals surface area (Å²) in [4.78, 5) is 1.34. The fourth-order valence-corrected chi connectivity index (χ4v) is 2.67. The van der Waals surface area contributed by atoms with Gasteiger partial charge in [-0.05, 0) is 42.6 Å². The Balaban J connectivity index is 2.32. The van der Waals surface area contributed by atoms with Gasteiger partial charge in [0, 0.05) is 4.88 Å². The van der Waals surface area contributed by atoms with E-state index in [2.05, 4.69) is 30.6 Å². The van der Waals surface area contributed by atoms with E-state index in [-0.39, 0.29) is 6.04 Å². The van der Waals surface area contributed by atoms with Crippen LogP contribution in [0.3, 0.4) is 0 Å². The fraction of sp³-hybridized carbons (Fsp3) is 0.333. The van der Waals surface area contributed by atoms with Crippen LogP contribution in [0.25, 0.3) is 0 Å². The third kappa shape index (κ3) is 2.13. The van der Waals surface area contributed by atoms with Gasteiger partial charge in [-0.1, -0.05) is 6.92 Å². The van der Waals surface area contributed by atoms with Crippen LogP contribution in [0.5, 0.6) is 0 Å². The van der Waals surface area contributed by atoms with E-state index in [0.717, 1.165) is 12.3 Å². The molecule has 0 saturated carbocycles. The molecule has 0 bridgehead atoms. The molecule has 0 spiro atoms. The molecule has 0 fully saturated rings. The zero-order valence-corrected chi connectivity index (χ0v) is 9.80. The summed E-state index contributed by atoms with van der Waals surface area (Å²) < 4.78 is 5.47. The molecule has 0 aromatic carbocycles. The number of hydrogen-bond donors (Lipinski definition) is 1. The summed E-state index contributed by atoms with van der Waals surface area (Å²) in [5, 5.41) is 5.57. The molecule has 0 aliphatic carbocycles. The van der Waals surface area contributed by atoms with Gasteiger partial charge in [-0.2, -0.15) is 0 Å². The van der Waals surface area contributed by atoms with E-state index in [9.17, 15) is 0 Å². The molecule has 2 aromatic heterocycles. The Morgan fingerprint density at radius 3 is 2.87 bits per heavy atom. The molecule has 2 heterocycles. The summed E-state index contributed by atoms with van der Waals surface area (Å²) in [5.41, 5.74) is 1.32. The number of thiophene rings is 1. The lowest BCUT2D eigenvalue weighted by Crippen LogP contribution is -2.21. The van der Waals surface area contributed by atoms with Gasteiger partial charge in [0.2, 0.25) is 0 Å². The van der Waals surface area contributed by atoms with Gasteiger partial charge in [-0.25, -0.2) is 0 Å². The summed E-state index contributed by atoms with van der Waals surface area (Å²) in [6.07, 6.45) is 1.72. The first-order chi connectivity index (χ1) is 7.33. The van der Waals surface area contributed by atoms with E-state index in [1.54, 1.807) is 17.6 Å². The van der Waals surface area contributed by atoms with Crippen molar-refractivity contribution >= 4 is 11.3 Å². The van der Waals surface area contributed by atoms with E-state index >= 15 is 0 Å². The molecule has 0 radical (unpaired) electrons. The van der Waals surface area contributed by atoms with Crippen LogP contribution in [0.2, 0.25) is 0 Å². The minimum Gasteiger partial charge on any atom is -0.467 e. The van der Waals surface area contributed by atoms with Crippen LogP contribution in [0.4, 0.5) is 0 Å². The predicted molar refractivity (Wildman–Crippen MR) is 63.3 cm³/mol. The second-order valence-electron chi connectivity index (χ2n) is 3.47. The van der Waals surface area contributed by atoms with Gasteiger partial charge in [0.05, 0.1) is 6.26 Å². The molecule has 15 heavy (non-hydrogen) atoms. The molecule has 80 valence electrons. The van der Waals surface area contributed by atoms with Crippen molar-refractivity contribution in [1.29, 1.82) is 0 Å². The van der Waals surface area contributed by atoms with Crippen molar-refractivity contribution in [3.8, 4) is 0 Å². The molecule has 2 rings (SSSR count). The Morgan fingerprint density at radius 2 is 2.33 bits per heavy atom. The highest BCUT2D eigenvalue weighted by atomic mass is 32.1. The average molecular weight is 221 g/mol. The number of furan rings is 1. The van der Waals surface area contributed by atoms with Crippen molar-refractivity contribution in [3.05, 3.63) is 46.0 Å². The van der Waals surface area contributed by atoms with Gasteiger partial charge >= 0.3 is 0 Å². The highest BCUT2D eigenvalue weighted by molar-refractivity contribution is 7.10. The van der Waals surface area contributed by atoms with Crippen LogP contribution < -0.4 is 5.32 Å². The molecular weight excluding hydrogens is 206 g/mol.